The average Bonchev–Trinajstić information content (AvgIpc) is 2.91. The highest BCUT2D eigenvalue weighted by atomic mass is 35.5. The maximum atomic E-state index is 12.5. The number of allylic oxidation sites excluding steroid dienone is 2. The summed E-state index contributed by atoms with van der Waals surface area (Å²) in [6, 6.07) is 16.2. The SMILES string of the molecule is CC(/C=C1\SC(=O)N(CC(=O)Nc2ccc(Cl)cc2)C1=O)=C\c1ccccc1. The standard InChI is InChI=1S/C21H17ClN2O3S/c1-14(11-15-5-3-2-4-6-15)12-18-20(26)24(21(27)28-18)13-19(25)23-17-9-7-16(22)8-10-17/h2-12H,13H2,1H3,(H,23,25)/b14-11+,18-12-. The number of anilines is 1. The molecule has 0 radical (unpaired) electrons. The van der Waals surface area contributed by atoms with Crippen molar-refractivity contribution in [3.63, 3.8) is 0 Å². The summed E-state index contributed by atoms with van der Waals surface area (Å²) in [5, 5.41) is 2.73. The van der Waals surface area contributed by atoms with Crippen molar-refractivity contribution in [2.45, 2.75) is 6.92 Å². The molecule has 28 heavy (non-hydrogen) atoms. The van der Waals surface area contributed by atoms with Crippen molar-refractivity contribution >= 4 is 52.2 Å². The Morgan fingerprint density at radius 1 is 1.11 bits per heavy atom. The van der Waals surface area contributed by atoms with Gasteiger partial charge < -0.3 is 5.32 Å². The van der Waals surface area contributed by atoms with Gasteiger partial charge in [0, 0.05) is 10.7 Å². The van der Waals surface area contributed by atoms with Gasteiger partial charge in [-0.25, -0.2) is 0 Å². The van der Waals surface area contributed by atoms with Crippen LogP contribution in [0.2, 0.25) is 5.02 Å². The van der Waals surface area contributed by atoms with Crippen LogP contribution in [0, 0.1) is 0 Å². The van der Waals surface area contributed by atoms with Gasteiger partial charge in [-0.15, -0.1) is 0 Å². The first-order chi connectivity index (χ1) is 13.4. The monoisotopic (exact) mass is 412 g/mol. The zero-order valence-corrected chi connectivity index (χ0v) is 16.6. The summed E-state index contributed by atoms with van der Waals surface area (Å²) in [5.74, 6) is -0.926. The van der Waals surface area contributed by atoms with Crippen LogP contribution >= 0.6 is 23.4 Å². The first-order valence-corrected chi connectivity index (χ1v) is 9.66. The summed E-state index contributed by atoms with van der Waals surface area (Å²) >= 11 is 6.64. The van der Waals surface area contributed by atoms with Gasteiger partial charge in [0.25, 0.3) is 11.1 Å². The molecule has 1 heterocycles. The minimum absolute atomic E-state index is 0.300. The van der Waals surface area contributed by atoms with Crippen molar-refractivity contribution in [3.05, 3.63) is 81.7 Å². The van der Waals surface area contributed by atoms with Gasteiger partial charge in [-0.2, -0.15) is 0 Å². The van der Waals surface area contributed by atoms with Gasteiger partial charge in [0.05, 0.1) is 4.91 Å². The van der Waals surface area contributed by atoms with E-state index in [1.54, 1.807) is 30.3 Å². The number of amides is 3. The van der Waals surface area contributed by atoms with Crippen LogP contribution in [0.5, 0.6) is 0 Å². The molecule has 1 aliphatic rings. The van der Waals surface area contributed by atoms with Gasteiger partial charge >= 0.3 is 0 Å². The van der Waals surface area contributed by atoms with Gasteiger partial charge in [-0.1, -0.05) is 48.0 Å². The molecule has 0 spiro atoms. The number of carbonyl (C=O) groups excluding carboxylic acids is 3. The number of imide groups is 1. The highest BCUT2D eigenvalue weighted by molar-refractivity contribution is 8.18. The topological polar surface area (TPSA) is 66.5 Å². The molecule has 3 amide bonds. The number of carbonyl (C=O) groups is 3. The summed E-state index contributed by atoms with van der Waals surface area (Å²) in [6.07, 6.45) is 3.58. The maximum Gasteiger partial charge on any atom is 0.294 e. The van der Waals surface area contributed by atoms with E-state index >= 15 is 0 Å². The van der Waals surface area contributed by atoms with Crippen LogP contribution < -0.4 is 5.32 Å². The molecule has 0 atom stereocenters. The largest absolute Gasteiger partial charge is 0.325 e. The highest BCUT2D eigenvalue weighted by Crippen LogP contribution is 2.31. The summed E-state index contributed by atoms with van der Waals surface area (Å²) in [5.41, 5.74) is 2.37. The molecule has 1 N–H and O–H groups in total. The van der Waals surface area contributed by atoms with Gasteiger partial charge in [-0.05, 0) is 60.2 Å². The van der Waals surface area contributed by atoms with E-state index in [4.69, 9.17) is 11.6 Å². The van der Waals surface area contributed by atoms with Gasteiger partial charge in [0.15, 0.2) is 0 Å². The summed E-state index contributed by atoms with van der Waals surface area (Å²) < 4.78 is 0. The Morgan fingerprint density at radius 2 is 1.79 bits per heavy atom. The third-order valence-corrected chi connectivity index (χ3v) is 5.02. The molecule has 1 aliphatic heterocycles. The molecule has 0 saturated carbocycles. The number of hydrogen-bond acceptors (Lipinski definition) is 4. The van der Waals surface area contributed by atoms with Crippen LogP contribution in [0.15, 0.2) is 71.2 Å². The van der Waals surface area contributed by atoms with Crippen LogP contribution in [-0.2, 0) is 9.59 Å². The summed E-state index contributed by atoms with van der Waals surface area (Å²) in [7, 11) is 0. The predicted molar refractivity (Wildman–Crippen MR) is 113 cm³/mol. The highest BCUT2D eigenvalue weighted by Gasteiger charge is 2.36. The first-order valence-electron chi connectivity index (χ1n) is 8.46. The average molecular weight is 413 g/mol. The van der Waals surface area contributed by atoms with Crippen molar-refractivity contribution in [2.24, 2.45) is 0 Å². The summed E-state index contributed by atoms with van der Waals surface area (Å²) in [4.78, 5) is 38.1. The molecule has 5 nitrogen and oxygen atoms in total. The number of nitrogens with one attached hydrogen (secondary N) is 1. The van der Waals surface area contributed by atoms with E-state index < -0.39 is 17.1 Å². The molecule has 1 fully saturated rings. The smallest absolute Gasteiger partial charge is 0.294 e. The number of rotatable bonds is 5. The lowest BCUT2D eigenvalue weighted by Crippen LogP contribution is -2.36. The van der Waals surface area contributed by atoms with Crippen LogP contribution in [0.3, 0.4) is 0 Å². The van der Waals surface area contributed by atoms with E-state index in [0.29, 0.717) is 15.6 Å². The van der Waals surface area contributed by atoms with Gasteiger partial charge in [0.2, 0.25) is 5.91 Å². The minimum atomic E-state index is -0.470. The van der Waals surface area contributed by atoms with E-state index in [2.05, 4.69) is 5.32 Å². The van der Waals surface area contributed by atoms with E-state index in [0.717, 1.165) is 27.8 Å². The quantitative estimate of drug-likeness (QED) is 0.704. The Hall–Kier alpha value is -2.83. The Bertz CT molecular complexity index is 969. The van der Waals surface area contributed by atoms with Gasteiger partial charge in [-0.3, -0.25) is 19.3 Å². The van der Waals surface area contributed by atoms with E-state index in [1.807, 2.05) is 43.3 Å². The van der Waals surface area contributed by atoms with E-state index in [1.165, 1.54) is 0 Å². The molecular formula is C21H17ClN2O3S. The molecular weight excluding hydrogens is 396 g/mol. The molecule has 1 saturated heterocycles. The molecule has 142 valence electrons. The zero-order chi connectivity index (χ0) is 20.1. The molecule has 0 bridgehead atoms. The Morgan fingerprint density at radius 3 is 2.46 bits per heavy atom. The third kappa shape index (κ3) is 5.12. The van der Waals surface area contributed by atoms with Crippen LogP contribution in [-0.4, -0.2) is 28.5 Å². The second-order valence-corrected chi connectivity index (χ2v) is 7.55. The zero-order valence-electron chi connectivity index (χ0n) is 15.0. The second-order valence-electron chi connectivity index (χ2n) is 6.12. The van der Waals surface area contributed by atoms with Crippen molar-refractivity contribution in [1.82, 2.24) is 4.90 Å². The molecule has 2 aromatic carbocycles. The minimum Gasteiger partial charge on any atom is -0.325 e. The first kappa shape index (κ1) is 19.9. The summed E-state index contributed by atoms with van der Waals surface area (Å²) in [6.45, 7) is 1.51. The van der Waals surface area contributed by atoms with Crippen molar-refractivity contribution in [3.8, 4) is 0 Å². The third-order valence-electron chi connectivity index (χ3n) is 3.86. The lowest BCUT2D eigenvalue weighted by atomic mass is 10.1. The Labute approximate surface area is 172 Å². The number of nitrogens with zero attached hydrogens (tertiary/aromatic N) is 1. The maximum absolute atomic E-state index is 12.5. The molecule has 2 aromatic rings. The number of benzene rings is 2. The van der Waals surface area contributed by atoms with Crippen LogP contribution in [0.4, 0.5) is 10.5 Å². The molecule has 0 aromatic heterocycles. The van der Waals surface area contributed by atoms with Crippen molar-refractivity contribution in [1.29, 1.82) is 0 Å². The number of hydrogen-bond donors (Lipinski definition) is 1. The van der Waals surface area contributed by atoms with E-state index in [-0.39, 0.29) is 6.54 Å². The fourth-order valence-electron chi connectivity index (χ4n) is 2.57. The van der Waals surface area contributed by atoms with Crippen molar-refractivity contribution in [2.75, 3.05) is 11.9 Å². The van der Waals surface area contributed by atoms with Crippen molar-refractivity contribution < 1.29 is 14.4 Å². The van der Waals surface area contributed by atoms with Gasteiger partial charge in [0.1, 0.15) is 6.54 Å². The van der Waals surface area contributed by atoms with E-state index in [9.17, 15) is 14.4 Å². The molecule has 0 aliphatic carbocycles. The predicted octanol–water partition coefficient (Wildman–Crippen LogP) is 4.96. The molecule has 7 heteroatoms. The Balaban J connectivity index is 1.66. The van der Waals surface area contributed by atoms with Crippen LogP contribution in [0.25, 0.3) is 6.08 Å². The number of thioether (sulfide) groups is 1. The molecule has 0 unspecified atom stereocenters. The normalized spacial score (nSPS) is 16.0. The fraction of sp³-hybridized carbons (Fsp3) is 0.0952. The lowest BCUT2D eigenvalue weighted by molar-refractivity contribution is -0.127. The second kappa shape index (κ2) is 8.91. The van der Waals surface area contributed by atoms with Crippen LogP contribution in [0.1, 0.15) is 12.5 Å². The lowest BCUT2D eigenvalue weighted by Gasteiger charge is -2.12. The Kier molecular flexibility index (Phi) is 6.34. The number of halogens is 1. The molecule has 3 rings (SSSR count). The fourth-order valence-corrected chi connectivity index (χ4v) is 3.59.